The van der Waals surface area contributed by atoms with Crippen molar-refractivity contribution in [1.29, 1.82) is 0 Å². The predicted octanol–water partition coefficient (Wildman–Crippen LogP) is 2.97. The lowest BCUT2D eigenvalue weighted by molar-refractivity contribution is 0.0227. The van der Waals surface area contributed by atoms with Crippen LogP contribution in [-0.2, 0) is 11.4 Å². The van der Waals surface area contributed by atoms with Crippen molar-refractivity contribution in [3.05, 3.63) is 71.0 Å². The van der Waals surface area contributed by atoms with E-state index in [9.17, 15) is 18.0 Å². The molecule has 0 aliphatic rings. The number of rotatable bonds is 4. The fourth-order valence-electron chi connectivity index (χ4n) is 1.57. The van der Waals surface area contributed by atoms with E-state index in [-0.39, 0.29) is 6.61 Å². The summed E-state index contributed by atoms with van der Waals surface area (Å²) in [7, 11) is 0. The SMILES string of the molecule is O=C(NOCc1ccccc1)c1c(F)cc(F)cc1F. The average Bonchev–Trinajstić information content (AvgIpc) is 2.38. The van der Waals surface area contributed by atoms with Crippen molar-refractivity contribution < 1.29 is 22.8 Å². The summed E-state index contributed by atoms with van der Waals surface area (Å²) in [4.78, 5) is 16.4. The van der Waals surface area contributed by atoms with Crippen LogP contribution in [0.4, 0.5) is 13.2 Å². The van der Waals surface area contributed by atoms with E-state index in [4.69, 9.17) is 4.84 Å². The number of halogens is 3. The van der Waals surface area contributed by atoms with Gasteiger partial charge in [0.25, 0.3) is 5.91 Å². The van der Waals surface area contributed by atoms with Gasteiger partial charge in [-0.1, -0.05) is 30.3 Å². The second kappa shape index (κ2) is 6.21. The van der Waals surface area contributed by atoms with Crippen LogP contribution in [-0.4, -0.2) is 5.91 Å². The summed E-state index contributed by atoms with van der Waals surface area (Å²) in [6.45, 7) is 0.0387. The van der Waals surface area contributed by atoms with Crippen LogP contribution in [0, 0.1) is 17.5 Å². The molecule has 0 fully saturated rings. The quantitative estimate of drug-likeness (QED) is 0.875. The first-order valence-corrected chi connectivity index (χ1v) is 5.68. The van der Waals surface area contributed by atoms with Crippen LogP contribution in [0.2, 0.25) is 0 Å². The van der Waals surface area contributed by atoms with Gasteiger partial charge in [0.2, 0.25) is 0 Å². The van der Waals surface area contributed by atoms with Crippen LogP contribution in [0.1, 0.15) is 15.9 Å². The lowest BCUT2D eigenvalue weighted by Gasteiger charge is -2.07. The van der Waals surface area contributed by atoms with Crippen molar-refractivity contribution in [1.82, 2.24) is 5.48 Å². The normalized spacial score (nSPS) is 10.3. The third kappa shape index (κ3) is 3.36. The van der Waals surface area contributed by atoms with E-state index < -0.39 is 28.9 Å². The Morgan fingerprint density at radius 3 is 2.25 bits per heavy atom. The number of hydroxylamine groups is 1. The van der Waals surface area contributed by atoms with Crippen molar-refractivity contribution in [2.45, 2.75) is 6.61 Å². The molecule has 0 saturated carbocycles. The molecule has 0 spiro atoms. The number of carbonyl (C=O) groups is 1. The van der Waals surface area contributed by atoms with Crippen LogP contribution in [0.5, 0.6) is 0 Å². The Kier molecular flexibility index (Phi) is 4.37. The van der Waals surface area contributed by atoms with Crippen molar-refractivity contribution in [3.63, 3.8) is 0 Å². The zero-order valence-corrected chi connectivity index (χ0v) is 10.2. The lowest BCUT2D eigenvalue weighted by Crippen LogP contribution is -2.25. The molecule has 2 rings (SSSR count). The highest BCUT2D eigenvalue weighted by molar-refractivity contribution is 5.94. The van der Waals surface area contributed by atoms with Crippen molar-refractivity contribution >= 4 is 5.91 Å². The standard InChI is InChI=1S/C14H10F3NO2/c15-10-6-11(16)13(12(17)7-10)14(19)18-20-8-9-4-2-1-3-5-9/h1-7H,8H2,(H,18,19). The molecule has 0 atom stereocenters. The molecule has 2 aromatic rings. The minimum absolute atomic E-state index is 0.0387. The molecule has 0 bridgehead atoms. The summed E-state index contributed by atoms with van der Waals surface area (Å²) in [5, 5.41) is 0. The van der Waals surface area contributed by atoms with Gasteiger partial charge >= 0.3 is 0 Å². The van der Waals surface area contributed by atoms with Gasteiger partial charge in [-0.2, -0.15) is 0 Å². The molecule has 6 heteroatoms. The highest BCUT2D eigenvalue weighted by Gasteiger charge is 2.19. The number of amides is 1. The number of hydrogen-bond donors (Lipinski definition) is 1. The van der Waals surface area contributed by atoms with Gasteiger partial charge in [-0.3, -0.25) is 9.63 Å². The Morgan fingerprint density at radius 1 is 1.05 bits per heavy atom. The molecule has 0 heterocycles. The number of carbonyl (C=O) groups excluding carboxylic acids is 1. The van der Waals surface area contributed by atoms with Gasteiger partial charge in [0.05, 0.1) is 6.61 Å². The van der Waals surface area contributed by atoms with Crippen LogP contribution < -0.4 is 5.48 Å². The topological polar surface area (TPSA) is 38.3 Å². The first-order valence-electron chi connectivity index (χ1n) is 5.68. The van der Waals surface area contributed by atoms with Crippen molar-refractivity contribution in [3.8, 4) is 0 Å². The molecule has 0 aliphatic carbocycles. The highest BCUT2D eigenvalue weighted by Crippen LogP contribution is 2.14. The summed E-state index contributed by atoms with van der Waals surface area (Å²) >= 11 is 0. The number of hydrogen-bond acceptors (Lipinski definition) is 2. The minimum Gasteiger partial charge on any atom is -0.269 e. The number of nitrogens with one attached hydrogen (secondary N) is 1. The highest BCUT2D eigenvalue weighted by atomic mass is 19.1. The molecule has 0 aromatic heterocycles. The Morgan fingerprint density at radius 2 is 1.65 bits per heavy atom. The summed E-state index contributed by atoms with van der Waals surface area (Å²) < 4.78 is 39.3. The second-order valence-corrected chi connectivity index (χ2v) is 3.95. The van der Waals surface area contributed by atoms with Gasteiger partial charge in [-0.05, 0) is 5.56 Å². The van der Waals surface area contributed by atoms with E-state index in [1.165, 1.54) is 0 Å². The van der Waals surface area contributed by atoms with E-state index in [1.807, 2.05) is 11.5 Å². The van der Waals surface area contributed by atoms with E-state index in [2.05, 4.69) is 0 Å². The molecule has 0 aliphatic heterocycles. The Hall–Kier alpha value is -2.34. The summed E-state index contributed by atoms with van der Waals surface area (Å²) in [5.41, 5.74) is 1.79. The van der Waals surface area contributed by atoms with E-state index >= 15 is 0 Å². The fraction of sp³-hybridized carbons (Fsp3) is 0.0714. The molecule has 1 amide bonds. The molecule has 2 aromatic carbocycles. The maximum atomic E-state index is 13.3. The molecule has 0 radical (unpaired) electrons. The van der Waals surface area contributed by atoms with Crippen LogP contribution in [0.15, 0.2) is 42.5 Å². The fourth-order valence-corrected chi connectivity index (χ4v) is 1.57. The third-order valence-corrected chi connectivity index (χ3v) is 2.48. The molecule has 20 heavy (non-hydrogen) atoms. The van der Waals surface area contributed by atoms with Crippen LogP contribution in [0.3, 0.4) is 0 Å². The third-order valence-electron chi connectivity index (χ3n) is 2.48. The smallest absolute Gasteiger partial charge is 0.269 e. The first-order chi connectivity index (χ1) is 9.58. The van der Waals surface area contributed by atoms with Gasteiger partial charge < -0.3 is 0 Å². The minimum atomic E-state index is -1.29. The summed E-state index contributed by atoms with van der Waals surface area (Å²) in [6, 6.07) is 9.73. The van der Waals surface area contributed by atoms with Gasteiger partial charge in [0.15, 0.2) is 0 Å². The van der Waals surface area contributed by atoms with Crippen LogP contribution >= 0.6 is 0 Å². The van der Waals surface area contributed by atoms with E-state index in [1.54, 1.807) is 24.3 Å². The largest absolute Gasteiger partial charge is 0.280 e. The molecule has 104 valence electrons. The van der Waals surface area contributed by atoms with Gasteiger partial charge in [0.1, 0.15) is 23.0 Å². The molecular formula is C14H10F3NO2. The monoisotopic (exact) mass is 281 g/mol. The average molecular weight is 281 g/mol. The zero-order valence-electron chi connectivity index (χ0n) is 10.2. The van der Waals surface area contributed by atoms with Crippen molar-refractivity contribution in [2.75, 3.05) is 0 Å². The molecule has 0 unspecified atom stereocenters. The zero-order chi connectivity index (χ0) is 14.5. The maximum absolute atomic E-state index is 13.3. The molecule has 3 nitrogen and oxygen atoms in total. The van der Waals surface area contributed by atoms with Crippen molar-refractivity contribution in [2.24, 2.45) is 0 Å². The van der Waals surface area contributed by atoms with E-state index in [0.29, 0.717) is 12.1 Å². The Labute approximate surface area is 112 Å². The maximum Gasteiger partial charge on any atom is 0.280 e. The number of benzene rings is 2. The molecule has 1 N–H and O–H groups in total. The Bertz CT molecular complexity index is 594. The summed E-state index contributed by atoms with van der Waals surface area (Å²) in [5.74, 6) is -4.79. The lowest BCUT2D eigenvalue weighted by atomic mass is 10.2. The van der Waals surface area contributed by atoms with E-state index in [0.717, 1.165) is 5.56 Å². The molecule has 0 saturated heterocycles. The summed E-state index contributed by atoms with van der Waals surface area (Å²) in [6.07, 6.45) is 0. The second-order valence-electron chi connectivity index (χ2n) is 3.95. The van der Waals surface area contributed by atoms with Gasteiger partial charge in [0, 0.05) is 12.1 Å². The first kappa shape index (κ1) is 14.1. The predicted molar refractivity (Wildman–Crippen MR) is 65.0 cm³/mol. The molecular weight excluding hydrogens is 271 g/mol. The van der Waals surface area contributed by atoms with Gasteiger partial charge in [-0.15, -0.1) is 0 Å². The van der Waals surface area contributed by atoms with Gasteiger partial charge in [-0.25, -0.2) is 18.7 Å². The Balaban J connectivity index is 1.99. The van der Waals surface area contributed by atoms with Crippen LogP contribution in [0.25, 0.3) is 0 Å².